The first kappa shape index (κ1) is 15.0. The summed E-state index contributed by atoms with van der Waals surface area (Å²) in [5.41, 5.74) is 1.38. The molecular weight excluding hydrogens is 302 g/mol. The van der Waals surface area contributed by atoms with Crippen molar-refractivity contribution >= 4 is 15.9 Å². The third-order valence-electron chi connectivity index (χ3n) is 4.32. The van der Waals surface area contributed by atoms with Gasteiger partial charge in [0.05, 0.1) is 5.60 Å². The van der Waals surface area contributed by atoms with Crippen LogP contribution in [0, 0.1) is 0 Å². The molecule has 1 aromatic rings. The molecule has 2 rings (SSSR count). The fourth-order valence-electron chi connectivity index (χ4n) is 3.24. The highest BCUT2D eigenvalue weighted by Gasteiger charge is 2.41. The van der Waals surface area contributed by atoms with E-state index in [9.17, 15) is 0 Å². The van der Waals surface area contributed by atoms with Crippen LogP contribution in [-0.4, -0.2) is 25.3 Å². The molecule has 0 aliphatic heterocycles. The van der Waals surface area contributed by atoms with Crippen molar-refractivity contribution < 1.29 is 4.74 Å². The molecule has 1 N–H and O–H groups in total. The maximum atomic E-state index is 5.95. The molecule has 0 saturated heterocycles. The molecule has 1 saturated carbocycles. The number of hydrogen-bond acceptors (Lipinski definition) is 2. The first-order valence-corrected chi connectivity index (χ1v) is 8.03. The highest BCUT2D eigenvalue weighted by Crippen LogP contribution is 2.37. The van der Waals surface area contributed by atoms with Gasteiger partial charge in [-0.15, -0.1) is 0 Å². The van der Waals surface area contributed by atoms with E-state index in [0.29, 0.717) is 6.04 Å². The molecule has 3 heteroatoms. The van der Waals surface area contributed by atoms with Gasteiger partial charge < -0.3 is 10.1 Å². The van der Waals surface area contributed by atoms with E-state index in [1.165, 1.54) is 35.7 Å². The van der Waals surface area contributed by atoms with Crippen LogP contribution in [0.5, 0.6) is 0 Å². The normalized spacial score (nSPS) is 19.5. The molecule has 0 aromatic heterocycles. The number of likely N-dealkylation sites (N-methyl/N-ethyl adjacent to an activating group) is 1. The van der Waals surface area contributed by atoms with Crippen molar-refractivity contribution in [2.24, 2.45) is 0 Å². The monoisotopic (exact) mass is 325 g/mol. The molecule has 1 unspecified atom stereocenters. The molecule has 0 heterocycles. The molecule has 1 fully saturated rings. The van der Waals surface area contributed by atoms with E-state index in [2.05, 4.69) is 52.4 Å². The summed E-state index contributed by atoms with van der Waals surface area (Å²) < 4.78 is 7.14. The van der Waals surface area contributed by atoms with Crippen LogP contribution in [0.4, 0.5) is 0 Å². The second kappa shape index (κ2) is 6.87. The predicted molar refractivity (Wildman–Crippen MR) is 83.5 cm³/mol. The van der Waals surface area contributed by atoms with Crippen molar-refractivity contribution in [3.8, 4) is 0 Å². The molecule has 19 heavy (non-hydrogen) atoms. The number of methoxy groups -OCH3 is 1. The lowest BCUT2D eigenvalue weighted by Gasteiger charge is -2.37. The Morgan fingerprint density at radius 2 is 2.00 bits per heavy atom. The molecule has 2 nitrogen and oxygen atoms in total. The quantitative estimate of drug-likeness (QED) is 0.855. The summed E-state index contributed by atoms with van der Waals surface area (Å²) in [6.07, 6.45) is 5.93. The van der Waals surface area contributed by atoms with Crippen molar-refractivity contribution in [1.29, 1.82) is 0 Å². The second-order valence-corrected chi connectivity index (χ2v) is 6.24. The van der Waals surface area contributed by atoms with Crippen LogP contribution in [0.25, 0.3) is 0 Å². The average Bonchev–Trinajstić information content (AvgIpc) is 2.90. The maximum Gasteiger partial charge on any atom is 0.0834 e. The molecule has 1 aliphatic rings. The molecule has 0 amide bonds. The minimum Gasteiger partial charge on any atom is -0.377 e. The molecule has 106 valence electrons. The minimum absolute atomic E-state index is 0.0191. The Balaban J connectivity index is 2.18. The van der Waals surface area contributed by atoms with Crippen LogP contribution in [0.2, 0.25) is 0 Å². The molecule has 1 aliphatic carbocycles. The van der Waals surface area contributed by atoms with Crippen LogP contribution in [0.15, 0.2) is 28.7 Å². The summed E-state index contributed by atoms with van der Waals surface area (Å²) in [6.45, 7) is 3.16. The standard InChI is InChI=1S/C16H24BrNO/c1-3-18-15(16(19-2)10-6-7-11-16)12-13-8-4-5-9-14(13)17/h4-5,8-9,15,18H,3,6-7,10-12H2,1-2H3. The summed E-state index contributed by atoms with van der Waals surface area (Å²) in [5, 5.41) is 3.65. The zero-order valence-corrected chi connectivity index (χ0v) is 13.5. The van der Waals surface area contributed by atoms with E-state index < -0.39 is 0 Å². The van der Waals surface area contributed by atoms with Gasteiger partial charge in [-0.25, -0.2) is 0 Å². The second-order valence-electron chi connectivity index (χ2n) is 5.38. The van der Waals surface area contributed by atoms with E-state index in [-0.39, 0.29) is 5.60 Å². The lowest BCUT2D eigenvalue weighted by molar-refractivity contribution is -0.0351. The number of nitrogens with one attached hydrogen (secondary N) is 1. The van der Waals surface area contributed by atoms with Crippen molar-refractivity contribution in [3.05, 3.63) is 34.3 Å². The third kappa shape index (κ3) is 3.39. The fourth-order valence-corrected chi connectivity index (χ4v) is 3.69. The van der Waals surface area contributed by atoms with Crippen LogP contribution in [0.1, 0.15) is 38.2 Å². The minimum atomic E-state index is 0.0191. The Morgan fingerprint density at radius 1 is 1.32 bits per heavy atom. The highest BCUT2D eigenvalue weighted by atomic mass is 79.9. The molecule has 1 aromatic carbocycles. The molecule has 0 spiro atoms. The highest BCUT2D eigenvalue weighted by molar-refractivity contribution is 9.10. The van der Waals surface area contributed by atoms with E-state index in [1.54, 1.807) is 0 Å². The number of rotatable bonds is 6. The zero-order chi connectivity index (χ0) is 13.7. The Kier molecular flexibility index (Phi) is 5.43. The number of halogens is 1. The molecule has 0 radical (unpaired) electrons. The Morgan fingerprint density at radius 3 is 2.58 bits per heavy atom. The van der Waals surface area contributed by atoms with Gasteiger partial charge in [0.15, 0.2) is 0 Å². The lowest BCUT2D eigenvalue weighted by atomic mass is 9.87. The van der Waals surface area contributed by atoms with Gasteiger partial charge in [-0.1, -0.05) is 53.9 Å². The fraction of sp³-hybridized carbons (Fsp3) is 0.625. The maximum absolute atomic E-state index is 5.95. The molecule has 1 atom stereocenters. The number of ether oxygens (including phenoxy) is 1. The largest absolute Gasteiger partial charge is 0.377 e. The Bertz CT molecular complexity index is 401. The van der Waals surface area contributed by atoms with Gasteiger partial charge in [-0.05, 0) is 37.4 Å². The summed E-state index contributed by atoms with van der Waals surface area (Å²) in [7, 11) is 1.87. The van der Waals surface area contributed by atoms with E-state index in [0.717, 1.165) is 13.0 Å². The van der Waals surface area contributed by atoms with Crippen molar-refractivity contribution in [3.63, 3.8) is 0 Å². The van der Waals surface area contributed by atoms with Gasteiger partial charge in [0, 0.05) is 17.6 Å². The van der Waals surface area contributed by atoms with Gasteiger partial charge in [-0.3, -0.25) is 0 Å². The van der Waals surface area contributed by atoms with Gasteiger partial charge in [0.2, 0.25) is 0 Å². The summed E-state index contributed by atoms with van der Waals surface area (Å²) in [4.78, 5) is 0. The van der Waals surface area contributed by atoms with Gasteiger partial charge in [0.1, 0.15) is 0 Å². The van der Waals surface area contributed by atoms with Gasteiger partial charge >= 0.3 is 0 Å². The average molecular weight is 326 g/mol. The predicted octanol–water partition coefficient (Wildman–Crippen LogP) is 3.93. The van der Waals surface area contributed by atoms with Crippen LogP contribution >= 0.6 is 15.9 Å². The van der Waals surface area contributed by atoms with Crippen LogP contribution in [0.3, 0.4) is 0 Å². The number of hydrogen-bond donors (Lipinski definition) is 1. The van der Waals surface area contributed by atoms with Crippen molar-refractivity contribution in [2.75, 3.05) is 13.7 Å². The van der Waals surface area contributed by atoms with Crippen molar-refractivity contribution in [2.45, 2.75) is 50.7 Å². The van der Waals surface area contributed by atoms with E-state index in [1.807, 2.05) is 7.11 Å². The first-order valence-electron chi connectivity index (χ1n) is 7.24. The molecule has 0 bridgehead atoms. The van der Waals surface area contributed by atoms with E-state index in [4.69, 9.17) is 4.74 Å². The molecular formula is C16H24BrNO. The third-order valence-corrected chi connectivity index (χ3v) is 5.10. The topological polar surface area (TPSA) is 21.3 Å². The van der Waals surface area contributed by atoms with Gasteiger partial charge in [-0.2, -0.15) is 0 Å². The summed E-state index contributed by atoms with van der Waals surface area (Å²) in [6, 6.07) is 8.89. The Hall–Kier alpha value is -0.380. The van der Waals surface area contributed by atoms with Crippen molar-refractivity contribution in [1.82, 2.24) is 5.32 Å². The zero-order valence-electron chi connectivity index (χ0n) is 11.9. The lowest BCUT2D eigenvalue weighted by Crippen LogP contribution is -2.51. The van der Waals surface area contributed by atoms with Gasteiger partial charge in [0.25, 0.3) is 0 Å². The smallest absolute Gasteiger partial charge is 0.0834 e. The van der Waals surface area contributed by atoms with E-state index >= 15 is 0 Å². The van der Waals surface area contributed by atoms with Crippen LogP contribution in [-0.2, 0) is 11.2 Å². The summed E-state index contributed by atoms with van der Waals surface area (Å²) in [5.74, 6) is 0. The number of benzene rings is 1. The SMILES string of the molecule is CCNC(Cc1ccccc1Br)C1(OC)CCCC1. The first-order chi connectivity index (χ1) is 9.22. The van der Waals surface area contributed by atoms with Crippen LogP contribution < -0.4 is 5.32 Å². The summed E-state index contributed by atoms with van der Waals surface area (Å²) >= 11 is 3.66. The Labute approximate surface area is 125 Å².